The zero-order chi connectivity index (χ0) is 18.4. The van der Waals surface area contributed by atoms with Gasteiger partial charge in [0.25, 0.3) is 5.91 Å². The van der Waals surface area contributed by atoms with Crippen molar-refractivity contribution < 1.29 is 9.53 Å². The fourth-order valence-electron chi connectivity index (χ4n) is 2.98. The average molecular weight is 354 g/mol. The molecule has 0 atom stereocenters. The number of piperazine rings is 1. The summed E-state index contributed by atoms with van der Waals surface area (Å²) in [5, 5.41) is 3.35. The SMILES string of the molecule is COc1cccc(CCNc2ccc(C(=O)N3CCN(C)CC3)nc2)c1. The number of pyridine rings is 1. The van der Waals surface area contributed by atoms with Gasteiger partial charge in [-0.1, -0.05) is 12.1 Å². The summed E-state index contributed by atoms with van der Waals surface area (Å²) in [7, 11) is 3.75. The second-order valence-electron chi connectivity index (χ2n) is 6.56. The van der Waals surface area contributed by atoms with Gasteiger partial charge in [0.15, 0.2) is 0 Å². The van der Waals surface area contributed by atoms with Crippen molar-refractivity contribution in [2.24, 2.45) is 0 Å². The van der Waals surface area contributed by atoms with E-state index >= 15 is 0 Å². The van der Waals surface area contributed by atoms with Crippen LogP contribution in [0.1, 0.15) is 16.1 Å². The molecule has 1 fully saturated rings. The fraction of sp³-hybridized carbons (Fsp3) is 0.400. The van der Waals surface area contributed by atoms with E-state index in [-0.39, 0.29) is 5.91 Å². The number of carbonyl (C=O) groups is 1. The number of ether oxygens (including phenoxy) is 1. The Morgan fingerprint density at radius 1 is 1.19 bits per heavy atom. The summed E-state index contributed by atoms with van der Waals surface area (Å²) >= 11 is 0. The summed E-state index contributed by atoms with van der Waals surface area (Å²) in [4.78, 5) is 20.9. The van der Waals surface area contributed by atoms with Crippen LogP contribution >= 0.6 is 0 Å². The predicted molar refractivity (Wildman–Crippen MR) is 103 cm³/mol. The minimum Gasteiger partial charge on any atom is -0.497 e. The molecule has 26 heavy (non-hydrogen) atoms. The Morgan fingerprint density at radius 3 is 2.69 bits per heavy atom. The first-order valence-corrected chi connectivity index (χ1v) is 8.96. The molecular weight excluding hydrogens is 328 g/mol. The molecule has 0 bridgehead atoms. The van der Waals surface area contributed by atoms with Crippen molar-refractivity contribution in [3.8, 4) is 5.75 Å². The normalized spacial score (nSPS) is 14.9. The van der Waals surface area contributed by atoms with Crippen LogP contribution in [0.5, 0.6) is 5.75 Å². The highest BCUT2D eigenvalue weighted by Crippen LogP contribution is 2.14. The standard InChI is InChI=1S/C20H26N4O2/c1-23-10-12-24(13-11-23)20(25)19-7-6-17(15-22-19)21-9-8-16-4-3-5-18(14-16)26-2/h3-7,14-15,21H,8-13H2,1-2H3. The molecular formula is C20H26N4O2. The fourth-order valence-corrected chi connectivity index (χ4v) is 2.98. The third-order valence-electron chi connectivity index (χ3n) is 4.65. The van der Waals surface area contributed by atoms with E-state index in [4.69, 9.17) is 4.74 Å². The topological polar surface area (TPSA) is 57.7 Å². The molecule has 1 saturated heterocycles. The molecule has 2 aromatic rings. The Morgan fingerprint density at radius 2 is 2.00 bits per heavy atom. The maximum atomic E-state index is 12.5. The maximum absolute atomic E-state index is 12.5. The minimum atomic E-state index is 0.0148. The second kappa shape index (κ2) is 8.67. The van der Waals surface area contributed by atoms with Gasteiger partial charge in [-0.3, -0.25) is 4.79 Å². The van der Waals surface area contributed by atoms with Crippen LogP contribution < -0.4 is 10.1 Å². The summed E-state index contributed by atoms with van der Waals surface area (Å²) < 4.78 is 5.24. The van der Waals surface area contributed by atoms with E-state index in [0.29, 0.717) is 5.69 Å². The van der Waals surface area contributed by atoms with Gasteiger partial charge in [-0.05, 0) is 43.3 Å². The van der Waals surface area contributed by atoms with E-state index in [1.807, 2.05) is 29.2 Å². The van der Waals surface area contributed by atoms with E-state index in [1.165, 1.54) is 5.56 Å². The summed E-state index contributed by atoms with van der Waals surface area (Å²) in [5.41, 5.74) is 2.64. The van der Waals surface area contributed by atoms with Crippen LogP contribution in [0.15, 0.2) is 42.6 Å². The van der Waals surface area contributed by atoms with Gasteiger partial charge in [0.1, 0.15) is 11.4 Å². The monoisotopic (exact) mass is 354 g/mol. The van der Waals surface area contributed by atoms with Crippen molar-refractivity contribution in [1.82, 2.24) is 14.8 Å². The molecule has 6 nitrogen and oxygen atoms in total. The number of nitrogens with zero attached hydrogens (tertiary/aromatic N) is 3. The lowest BCUT2D eigenvalue weighted by Gasteiger charge is -2.32. The van der Waals surface area contributed by atoms with Crippen LogP contribution in [0.3, 0.4) is 0 Å². The van der Waals surface area contributed by atoms with Gasteiger partial charge >= 0.3 is 0 Å². The van der Waals surface area contributed by atoms with E-state index < -0.39 is 0 Å². The summed E-state index contributed by atoms with van der Waals surface area (Å²) in [5.74, 6) is 0.886. The number of carbonyl (C=O) groups excluding carboxylic acids is 1. The predicted octanol–water partition coefficient (Wildman–Crippen LogP) is 2.13. The lowest BCUT2D eigenvalue weighted by atomic mass is 10.1. The van der Waals surface area contributed by atoms with Crippen LogP contribution in [-0.4, -0.2) is 67.6 Å². The third-order valence-corrected chi connectivity index (χ3v) is 4.65. The molecule has 1 amide bonds. The van der Waals surface area contributed by atoms with Crippen molar-refractivity contribution in [1.29, 1.82) is 0 Å². The number of amides is 1. The quantitative estimate of drug-likeness (QED) is 0.861. The van der Waals surface area contributed by atoms with Crippen LogP contribution in [0, 0.1) is 0 Å². The lowest BCUT2D eigenvalue weighted by Crippen LogP contribution is -2.47. The molecule has 1 aliphatic heterocycles. The first-order chi connectivity index (χ1) is 12.7. The van der Waals surface area contributed by atoms with Crippen molar-refractivity contribution >= 4 is 11.6 Å². The molecule has 138 valence electrons. The largest absolute Gasteiger partial charge is 0.497 e. The first-order valence-electron chi connectivity index (χ1n) is 8.96. The van der Waals surface area contributed by atoms with E-state index in [9.17, 15) is 4.79 Å². The Kier molecular flexibility index (Phi) is 6.07. The first kappa shape index (κ1) is 18.2. The summed E-state index contributed by atoms with van der Waals surface area (Å²) in [6, 6.07) is 11.8. The number of hydrogen-bond donors (Lipinski definition) is 1. The average Bonchev–Trinajstić information content (AvgIpc) is 2.69. The molecule has 0 spiro atoms. The molecule has 0 unspecified atom stereocenters. The number of methoxy groups -OCH3 is 1. The zero-order valence-corrected chi connectivity index (χ0v) is 15.4. The van der Waals surface area contributed by atoms with E-state index in [1.54, 1.807) is 19.4 Å². The Bertz CT molecular complexity index is 725. The number of rotatable bonds is 6. The van der Waals surface area contributed by atoms with Crippen LogP contribution in [0.4, 0.5) is 5.69 Å². The molecule has 0 saturated carbocycles. The number of benzene rings is 1. The molecule has 1 N–H and O–H groups in total. The Balaban J connectivity index is 1.50. The summed E-state index contributed by atoms with van der Waals surface area (Å²) in [6.07, 6.45) is 2.62. The molecule has 0 aliphatic carbocycles. The van der Waals surface area contributed by atoms with E-state index in [0.717, 1.165) is 50.6 Å². The number of aromatic nitrogens is 1. The summed E-state index contributed by atoms with van der Waals surface area (Å²) in [6.45, 7) is 4.14. The number of likely N-dealkylation sites (N-methyl/N-ethyl adjacent to an activating group) is 1. The van der Waals surface area contributed by atoms with Gasteiger partial charge in [0.05, 0.1) is 19.0 Å². The molecule has 2 heterocycles. The van der Waals surface area contributed by atoms with Crippen molar-refractivity contribution in [2.45, 2.75) is 6.42 Å². The Hall–Kier alpha value is -2.60. The second-order valence-corrected chi connectivity index (χ2v) is 6.56. The molecule has 1 aromatic carbocycles. The van der Waals surface area contributed by atoms with Crippen molar-refractivity contribution in [3.63, 3.8) is 0 Å². The minimum absolute atomic E-state index is 0.0148. The lowest BCUT2D eigenvalue weighted by molar-refractivity contribution is 0.0658. The molecule has 0 radical (unpaired) electrons. The molecule has 6 heteroatoms. The Labute approximate surface area is 154 Å². The van der Waals surface area contributed by atoms with Gasteiger partial charge < -0.3 is 19.9 Å². The zero-order valence-electron chi connectivity index (χ0n) is 15.4. The number of anilines is 1. The van der Waals surface area contributed by atoms with Gasteiger partial charge in [-0.15, -0.1) is 0 Å². The van der Waals surface area contributed by atoms with Gasteiger partial charge in [-0.25, -0.2) is 4.98 Å². The maximum Gasteiger partial charge on any atom is 0.272 e. The van der Waals surface area contributed by atoms with Gasteiger partial charge in [0.2, 0.25) is 0 Å². The van der Waals surface area contributed by atoms with Crippen LogP contribution in [0.25, 0.3) is 0 Å². The van der Waals surface area contributed by atoms with Crippen molar-refractivity contribution in [2.75, 3.05) is 52.2 Å². The highest BCUT2D eigenvalue weighted by molar-refractivity contribution is 5.92. The van der Waals surface area contributed by atoms with Crippen LogP contribution in [-0.2, 0) is 6.42 Å². The van der Waals surface area contributed by atoms with E-state index in [2.05, 4.69) is 28.3 Å². The number of hydrogen-bond acceptors (Lipinski definition) is 5. The molecule has 1 aromatic heterocycles. The highest BCUT2D eigenvalue weighted by Gasteiger charge is 2.21. The third kappa shape index (κ3) is 4.73. The van der Waals surface area contributed by atoms with Gasteiger partial charge in [-0.2, -0.15) is 0 Å². The van der Waals surface area contributed by atoms with Crippen molar-refractivity contribution in [3.05, 3.63) is 53.9 Å². The van der Waals surface area contributed by atoms with Crippen LogP contribution in [0.2, 0.25) is 0 Å². The molecule has 1 aliphatic rings. The number of nitrogens with one attached hydrogen (secondary N) is 1. The highest BCUT2D eigenvalue weighted by atomic mass is 16.5. The molecule has 3 rings (SSSR count). The van der Waals surface area contributed by atoms with Gasteiger partial charge in [0, 0.05) is 32.7 Å². The smallest absolute Gasteiger partial charge is 0.272 e.